The van der Waals surface area contributed by atoms with Gasteiger partial charge in [-0.15, -0.1) is 0 Å². The van der Waals surface area contributed by atoms with Gasteiger partial charge in [0.15, 0.2) is 6.61 Å². The molecular formula is C17H22FN3O2. The molecule has 0 radical (unpaired) electrons. The van der Waals surface area contributed by atoms with E-state index in [2.05, 4.69) is 10.1 Å². The Kier molecular flexibility index (Phi) is 4.91. The van der Waals surface area contributed by atoms with E-state index in [4.69, 9.17) is 15.0 Å². The first-order valence-corrected chi connectivity index (χ1v) is 8.09. The summed E-state index contributed by atoms with van der Waals surface area (Å²) in [5, 5.41) is 3.94. The summed E-state index contributed by atoms with van der Waals surface area (Å²) >= 11 is 0. The van der Waals surface area contributed by atoms with Crippen molar-refractivity contribution in [3.8, 4) is 5.75 Å². The highest BCUT2D eigenvalue weighted by atomic mass is 19.1. The summed E-state index contributed by atoms with van der Waals surface area (Å²) in [4.78, 5) is 4.38. The number of hydrogen-bond donors (Lipinski definition) is 1. The second-order valence-corrected chi connectivity index (χ2v) is 6.29. The monoisotopic (exact) mass is 319 g/mol. The van der Waals surface area contributed by atoms with E-state index in [1.807, 2.05) is 0 Å². The molecule has 23 heavy (non-hydrogen) atoms. The van der Waals surface area contributed by atoms with E-state index in [0.717, 1.165) is 19.3 Å². The lowest BCUT2D eigenvalue weighted by atomic mass is 9.72. The second kappa shape index (κ2) is 7.08. The quantitative estimate of drug-likeness (QED) is 0.884. The van der Waals surface area contributed by atoms with Gasteiger partial charge in [0.1, 0.15) is 11.6 Å². The van der Waals surface area contributed by atoms with Gasteiger partial charge in [0.2, 0.25) is 11.7 Å². The van der Waals surface area contributed by atoms with Crippen LogP contribution in [0, 0.1) is 11.2 Å². The Balaban J connectivity index is 1.59. The van der Waals surface area contributed by atoms with Crippen LogP contribution in [0.2, 0.25) is 0 Å². The average Bonchev–Trinajstić information content (AvgIpc) is 3.01. The highest BCUT2D eigenvalue weighted by molar-refractivity contribution is 5.22. The van der Waals surface area contributed by atoms with Crippen molar-refractivity contribution in [1.82, 2.24) is 10.1 Å². The summed E-state index contributed by atoms with van der Waals surface area (Å²) in [6.45, 7) is 0.799. The highest BCUT2D eigenvalue weighted by Gasteiger charge is 2.32. The lowest BCUT2D eigenvalue weighted by molar-refractivity contribution is 0.177. The Labute approximate surface area is 135 Å². The standard InChI is InChI=1S/C17H22FN3O2/c18-13-5-4-6-14(9-13)22-11-15-20-16(23-21-15)10-17(12-19)7-2-1-3-8-17/h4-6,9H,1-3,7-8,10-12,19H2. The number of nitrogens with two attached hydrogens (primary N) is 1. The van der Waals surface area contributed by atoms with Gasteiger partial charge >= 0.3 is 0 Å². The Morgan fingerprint density at radius 2 is 2.09 bits per heavy atom. The summed E-state index contributed by atoms with van der Waals surface area (Å²) in [7, 11) is 0. The fraction of sp³-hybridized carbons (Fsp3) is 0.529. The van der Waals surface area contributed by atoms with Crippen molar-refractivity contribution >= 4 is 0 Å². The van der Waals surface area contributed by atoms with Crippen LogP contribution in [0.5, 0.6) is 5.75 Å². The molecule has 3 rings (SSSR count). The van der Waals surface area contributed by atoms with Gasteiger partial charge in [0.25, 0.3) is 0 Å². The van der Waals surface area contributed by atoms with E-state index in [1.54, 1.807) is 12.1 Å². The first-order chi connectivity index (χ1) is 11.2. The lowest BCUT2D eigenvalue weighted by Gasteiger charge is -2.34. The smallest absolute Gasteiger partial charge is 0.227 e. The molecule has 0 amide bonds. The van der Waals surface area contributed by atoms with Crippen molar-refractivity contribution in [2.45, 2.75) is 45.1 Å². The van der Waals surface area contributed by atoms with Gasteiger partial charge in [-0.25, -0.2) is 4.39 Å². The van der Waals surface area contributed by atoms with Crippen LogP contribution in [0.25, 0.3) is 0 Å². The molecule has 5 nitrogen and oxygen atoms in total. The predicted octanol–water partition coefficient (Wildman–Crippen LogP) is 3.24. The third-order valence-corrected chi connectivity index (χ3v) is 4.55. The molecule has 2 aromatic rings. The van der Waals surface area contributed by atoms with Gasteiger partial charge in [-0.1, -0.05) is 30.5 Å². The Hall–Kier alpha value is -1.95. The molecule has 0 unspecified atom stereocenters. The molecule has 1 aliphatic rings. The lowest BCUT2D eigenvalue weighted by Crippen LogP contribution is -2.35. The van der Waals surface area contributed by atoms with Crippen LogP contribution < -0.4 is 10.5 Å². The summed E-state index contributed by atoms with van der Waals surface area (Å²) in [5.74, 6) is 1.18. The first-order valence-electron chi connectivity index (χ1n) is 8.09. The minimum Gasteiger partial charge on any atom is -0.485 e. The van der Waals surface area contributed by atoms with Crippen LogP contribution in [-0.4, -0.2) is 16.7 Å². The van der Waals surface area contributed by atoms with E-state index in [0.29, 0.717) is 24.0 Å². The molecule has 6 heteroatoms. The van der Waals surface area contributed by atoms with Gasteiger partial charge in [0, 0.05) is 12.5 Å². The summed E-state index contributed by atoms with van der Waals surface area (Å²) in [6, 6.07) is 5.98. The molecule has 1 saturated carbocycles. The minimum absolute atomic E-state index is 0.0888. The summed E-state index contributed by atoms with van der Waals surface area (Å²) < 4.78 is 23.9. The maximum Gasteiger partial charge on any atom is 0.227 e. The van der Waals surface area contributed by atoms with Crippen LogP contribution >= 0.6 is 0 Å². The second-order valence-electron chi connectivity index (χ2n) is 6.29. The first kappa shape index (κ1) is 15.9. The number of hydrogen-bond acceptors (Lipinski definition) is 5. The molecule has 1 aromatic carbocycles. The molecule has 0 atom stereocenters. The van der Waals surface area contributed by atoms with E-state index < -0.39 is 0 Å². The topological polar surface area (TPSA) is 74.2 Å². The maximum absolute atomic E-state index is 13.1. The van der Waals surface area contributed by atoms with Crippen LogP contribution in [0.4, 0.5) is 4.39 Å². The number of aromatic nitrogens is 2. The third-order valence-electron chi connectivity index (χ3n) is 4.55. The molecule has 2 N–H and O–H groups in total. The minimum atomic E-state index is -0.335. The molecule has 124 valence electrons. The number of halogens is 1. The highest BCUT2D eigenvalue weighted by Crippen LogP contribution is 2.38. The third kappa shape index (κ3) is 4.07. The van der Waals surface area contributed by atoms with Crippen molar-refractivity contribution in [1.29, 1.82) is 0 Å². The van der Waals surface area contributed by atoms with Crippen molar-refractivity contribution < 1.29 is 13.7 Å². The molecular weight excluding hydrogens is 297 g/mol. The maximum atomic E-state index is 13.1. The molecule has 1 fully saturated rings. The largest absolute Gasteiger partial charge is 0.485 e. The Morgan fingerprint density at radius 3 is 2.83 bits per heavy atom. The van der Waals surface area contributed by atoms with Crippen LogP contribution in [0.15, 0.2) is 28.8 Å². The number of ether oxygens (including phenoxy) is 1. The number of nitrogens with zero attached hydrogens (tertiary/aromatic N) is 2. The zero-order valence-corrected chi connectivity index (χ0v) is 13.1. The van der Waals surface area contributed by atoms with Crippen molar-refractivity contribution in [3.63, 3.8) is 0 Å². The number of benzene rings is 1. The normalized spacial score (nSPS) is 17.1. The van der Waals surface area contributed by atoms with Crippen LogP contribution in [0.1, 0.15) is 43.8 Å². The average molecular weight is 319 g/mol. The molecule has 0 saturated heterocycles. The molecule has 1 aliphatic carbocycles. The molecule has 1 heterocycles. The molecule has 1 aromatic heterocycles. The van der Waals surface area contributed by atoms with Gasteiger partial charge in [-0.05, 0) is 36.9 Å². The van der Waals surface area contributed by atoms with Gasteiger partial charge < -0.3 is 15.0 Å². The van der Waals surface area contributed by atoms with E-state index in [-0.39, 0.29) is 17.8 Å². The van der Waals surface area contributed by atoms with E-state index in [9.17, 15) is 4.39 Å². The van der Waals surface area contributed by atoms with Crippen molar-refractivity contribution in [2.75, 3.05) is 6.54 Å². The van der Waals surface area contributed by atoms with Gasteiger partial charge in [0.05, 0.1) is 0 Å². The van der Waals surface area contributed by atoms with Crippen LogP contribution in [-0.2, 0) is 13.0 Å². The fourth-order valence-corrected chi connectivity index (χ4v) is 3.20. The summed E-state index contributed by atoms with van der Waals surface area (Å²) in [5.41, 5.74) is 6.08. The zero-order valence-electron chi connectivity index (χ0n) is 13.1. The SMILES string of the molecule is NCC1(Cc2nc(COc3cccc(F)c3)no2)CCCCC1. The Morgan fingerprint density at radius 1 is 1.26 bits per heavy atom. The van der Waals surface area contributed by atoms with Gasteiger partial charge in [-0.2, -0.15) is 4.98 Å². The predicted molar refractivity (Wildman–Crippen MR) is 83.3 cm³/mol. The molecule has 0 spiro atoms. The van der Waals surface area contributed by atoms with Crippen LogP contribution in [0.3, 0.4) is 0 Å². The number of rotatable bonds is 6. The van der Waals surface area contributed by atoms with E-state index in [1.165, 1.54) is 31.4 Å². The Bertz CT molecular complexity index is 638. The summed E-state index contributed by atoms with van der Waals surface area (Å²) in [6.07, 6.45) is 6.64. The van der Waals surface area contributed by atoms with Crippen molar-refractivity contribution in [2.24, 2.45) is 11.1 Å². The molecule has 0 bridgehead atoms. The zero-order chi connectivity index (χ0) is 16.1. The van der Waals surface area contributed by atoms with Crippen molar-refractivity contribution in [3.05, 3.63) is 41.8 Å². The van der Waals surface area contributed by atoms with Gasteiger partial charge in [-0.3, -0.25) is 0 Å². The fourth-order valence-electron chi connectivity index (χ4n) is 3.20. The molecule has 0 aliphatic heterocycles. The van der Waals surface area contributed by atoms with E-state index >= 15 is 0 Å².